The van der Waals surface area contributed by atoms with E-state index in [0.29, 0.717) is 39.1 Å². The molecule has 0 atom stereocenters. The number of nitrogens with zero attached hydrogens (tertiary/aromatic N) is 2. The number of amides is 4. The molecule has 8 nitrogen and oxygen atoms in total. The number of anilines is 1. The maximum atomic E-state index is 12.7. The third kappa shape index (κ3) is 5.77. The Kier molecular flexibility index (Phi) is 7.94. The Morgan fingerprint density at radius 3 is 2.29 bits per heavy atom. The molecule has 0 bridgehead atoms. The standard InChI is InChI=1S/C25H24N4O4S2/c1-2-26-20(31)15-34-25-28-21(16-9-4-3-5-10-16)22(35-25)27-19(30)13-8-14-29-23(32)17-11-6-7-12-18(17)24(29)33/h3-7,9-12H,2,8,13-15H2,1H3,(H,26,31)(H,27,30). The average molecular weight is 509 g/mol. The zero-order chi connectivity index (χ0) is 24.8. The molecule has 2 aromatic carbocycles. The fraction of sp³-hybridized carbons (Fsp3) is 0.240. The molecule has 10 heteroatoms. The van der Waals surface area contributed by atoms with E-state index < -0.39 is 0 Å². The van der Waals surface area contributed by atoms with Crippen molar-refractivity contribution in [3.05, 3.63) is 65.7 Å². The third-order valence-electron chi connectivity index (χ3n) is 5.27. The van der Waals surface area contributed by atoms with Crippen LogP contribution in [0.2, 0.25) is 0 Å². The molecule has 3 aromatic rings. The lowest BCUT2D eigenvalue weighted by atomic mass is 10.1. The Labute approximate surface area is 211 Å². The second kappa shape index (κ2) is 11.3. The number of hydrogen-bond donors (Lipinski definition) is 2. The molecule has 2 N–H and O–H groups in total. The number of hydrogen-bond acceptors (Lipinski definition) is 7. The predicted molar refractivity (Wildman–Crippen MR) is 137 cm³/mol. The van der Waals surface area contributed by atoms with Gasteiger partial charge < -0.3 is 10.6 Å². The highest BCUT2D eigenvalue weighted by Crippen LogP contribution is 2.37. The van der Waals surface area contributed by atoms with Crippen molar-refractivity contribution in [1.29, 1.82) is 0 Å². The lowest BCUT2D eigenvalue weighted by Gasteiger charge is -2.13. The van der Waals surface area contributed by atoms with Crippen LogP contribution in [-0.2, 0) is 9.59 Å². The molecule has 35 heavy (non-hydrogen) atoms. The molecule has 180 valence electrons. The first-order chi connectivity index (χ1) is 17.0. The van der Waals surface area contributed by atoms with E-state index in [1.54, 1.807) is 24.3 Å². The minimum atomic E-state index is -0.325. The van der Waals surface area contributed by atoms with Crippen LogP contribution in [-0.4, -0.2) is 52.4 Å². The van der Waals surface area contributed by atoms with Gasteiger partial charge in [-0.05, 0) is 25.5 Å². The van der Waals surface area contributed by atoms with Gasteiger partial charge in [0.25, 0.3) is 11.8 Å². The van der Waals surface area contributed by atoms with Crippen molar-refractivity contribution >= 4 is 51.7 Å². The van der Waals surface area contributed by atoms with E-state index in [-0.39, 0.29) is 42.3 Å². The molecule has 0 unspecified atom stereocenters. The predicted octanol–water partition coefficient (Wildman–Crippen LogP) is 4.05. The lowest BCUT2D eigenvalue weighted by molar-refractivity contribution is -0.118. The van der Waals surface area contributed by atoms with Gasteiger partial charge in [-0.25, -0.2) is 4.98 Å². The van der Waals surface area contributed by atoms with Crippen molar-refractivity contribution in [2.24, 2.45) is 0 Å². The summed E-state index contributed by atoms with van der Waals surface area (Å²) in [6.45, 7) is 2.59. The van der Waals surface area contributed by atoms with Crippen molar-refractivity contribution in [2.45, 2.75) is 24.1 Å². The van der Waals surface area contributed by atoms with Crippen molar-refractivity contribution in [3.8, 4) is 11.3 Å². The summed E-state index contributed by atoms with van der Waals surface area (Å²) >= 11 is 2.63. The molecule has 0 radical (unpaired) electrons. The van der Waals surface area contributed by atoms with Gasteiger partial charge in [0.1, 0.15) is 10.7 Å². The van der Waals surface area contributed by atoms with Gasteiger partial charge >= 0.3 is 0 Å². The molecule has 1 aliphatic heterocycles. The van der Waals surface area contributed by atoms with E-state index in [4.69, 9.17) is 0 Å². The Bertz CT molecular complexity index is 1220. The summed E-state index contributed by atoms with van der Waals surface area (Å²) in [6, 6.07) is 16.2. The van der Waals surface area contributed by atoms with Crippen LogP contribution in [0, 0.1) is 0 Å². The number of thiazole rings is 1. The van der Waals surface area contributed by atoms with Crippen LogP contribution >= 0.6 is 23.1 Å². The van der Waals surface area contributed by atoms with E-state index in [2.05, 4.69) is 15.6 Å². The van der Waals surface area contributed by atoms with Crippen LogP contribution in [0.1, 0.15) is 40.5 Å². The first kappa shape index (κ1) is 24.6. The Morgan fingerprint density at radius 1 is 0.971 bits per heavy atom. The second-order valence-electron chi connectivity index (χ2n) is 7.72. The summed E-state index contributed by atoms with van der Waals surface area (Å²) in [5.74, 6) is -0.721. The molecule has 4 rings (SSSR count). The number of fused-ring (bicyclic) bond motifs is 1. The molecule has 0 spiro atoms. The van der Waals surface area contributed by atoms with Gasteiger partial charge in [-0.3, -0.25) is 24.1 Å². The maximum absolute atomic E-state index is 12.7. The second-order valence-corrected chi connectivity index (χ2v) is 9.95. The number of carbonyl (C=O) groups excluding carboxylic acids is 4. The van der Waals surface area contributed by atoms with Gasteiger partial charge in [-0.2, -0.15) is 0 Å². The van der Waals surface area contributed by atoms with E-state index >= 15 is 0 Å². The van der Waals surface area contributed by atoms with E-state index in [0.717, 1.165) is 5.56 Å². The number of rotatable bonds is 10. The molecule has 1 aromatic heterocycles. The smallest absolute Gasteiger partial charge is 0.261 e. The molecule has 0 saturated carbocycles. The summed E-state index contributed by atoms with van der Waals surface area (Å²) in [6.07, 6.45) is 0.483. The number of thioether (sulfide) groups is 1. The van der Waals surface area contributed by atoms with Crippen LogP contribution in [0.15, 0.2) is 58.9 Å². The van der Waals surface area contributed by atoms with Gasteiger partial charge in [0.2, 0.25) is 11.8 Å². The zero-order valence-electron chi connectivity index (χ0n) is 19.1. The monoisotopic (exact) mass is 508 g/mol. The lowest BCUT2D eigenvalue weighted by Crippen LogP contribution is -2.31. The molecule has 0 saturated heterocycles. The molecule has 0 aliphatic carbocycles. The largest absolute Gasteiger partial charge is 0.356 e. The van der Waals surface area contributed by atoms with Gasteiger partial charge in [0.05, 0.1) is 16.9 Å². The number of benzene rings is 2. The highest BCUT2D eigenvalue weighted by atomic mass is 32.2. The van der Waals surface area contributed by atoms with Crippen LogP contribution < -0.4 is 10.6 Å². The van der Waals surface area contributed by atoms with E-state index in [1.807, 2.05) is 37.3 Å². The minimum Gasteiger partial charge on any atom is -0.356 e. The van der Waals surface area contributed by atoms with Crippen LogP contribution in [0.3, 0.4) is 0 Å². The zero-order valence-corrected chi connectivity index (χ0v) is 20.7. The summed E-state index contributed by atoms with van der Waals surface area (Å²) in [4.78, 5) is 55.4. The number of nitrogens with one attached hydrogen (secondary N) is 2. The fourth-order valence-electron chi connectivity index (χ4n) is 3.64. The van der Waals surface area contributed by atoms with Crippen LogP contribution in [0.25, 0.3) is 11.3 Å². The Hall–Kier alpha value is -3.50. The van der Waals surface area contributed by atoms with E-state index in [9.17, 15) is 19.2 Å². The highest BCUT2D eigenvalue weighted by molar-refractivity contribution is 8.01. The topological polar surface area (TPSA) is 108 Å². The normalized spacial score (nSPS) is 12.5. The number of carbonyl (C=O) groups is 4. The quantitative estimate of drug-likeness (QED) is 0.316. The minimum absolute atomic E-state index is 0.0762. The van der Waals surface area contributed by atoms with Gasteiger partial charge in [0, 0.05) is 25.1 Å². The number of aromatic nitrogens is 1. The molecule has 2 heterocycles. The molecule has 1 aliphatic rings. The van der Waals surface area contributed by atoms with Gasteiger partial charge in [-0.15, -0.1) is 0 Å². The average Bonchev–Trinajstić information content (AvgIpc) is 3.37. The third-order valence-corrected chi connectivity index (χ3v) is 7.39. The van der Waals surface area contributed by atoms with Gasteiger partial charge in [-0.1, -0.05) is 65.6 Å². The summed E-state index contributed by atoms with van der Waals surface area (Å²) in [5.41, 5.74) is 2.30. The van der Waals surface area contributed by atoms with Crippen molar-refractivity contribution in [1.82, 2.24) is 15.2 Å². The molecular formula is C25H24N4O4S2. The Balaban J connectivity index is 1.38. The van der Waals surface area contributed by atoms with Crippen LogP contribution in [0.5, 0.6) is 0 Å². The first-order valence-electron chi connectivity index (χ1n) is 11.2. The molecule has 0 fully saturated rings. The summed E-state index contributed by atoms with van der Waals surface area (Å²) in [7, 11) is 0. The van der Waals surface area contributed by atoms with Crippen molar-refractivity contribution in [2.75, 3.05) is 24.2 Å². The first-order valence-corrected chi connectivity index (χ1v) is 13.0. The fourth-order valence-corrected chi connectivity index (χ4v) is 5.55. The Morgan fingerprint density at radius 2 is 1.63 bits per heavy atom. The number of imide groups is 1. The van der Waals surface area contributed by atoms with Crippen molar-refractivity contribution in [3.63, 3.8) is 0 Å². The van der Waals surface area contributed by atoms with Crippen molar-refractivity contribution < 1.29 is 19.2 Å². The SMILES string of the molecule is CCNC(=O)CSc1nc(-c2ccccc2)c(NC(=O)CCCN2C(=O)c3ccccc3C2=O)s1. The maximum Gasteiger partial charge on any atom is 0.261 e. The van der Waals surface area contributed by atoms with Gasteiger partial charge in [0.15, 0.2) is 4.34 Å². The summed E-state index contributed by atoms with van der Waals surface area (Å²) in [5, 5.41) is 6.27. The summed E-state index contributed by atoms with van der Waals surface area (Å²) < 4.78 is 0.677. The van der Waals surface area contributed by atoms with Crippen LogP contribution in [0.4, 0.5) is 5.00 Å². The highest BCUT2D eigenvalue weighted by Gasteiger charge is 2.34. The molecule has 4 amide bonds. The van der Waals surface area contributed by atoms with E-state index in [1.165, 1.54) is 28.0 Å². The molecular weight excluding hydrogens is 484 g/mol.